The highest BCUT2D eigenvalue weighted by atomic mass is 32.2. The summed E-state index contributed by atoms with van der Waals surface area (Å²) in [6.07, 6.45) is 0.266. The number of sulfonamides is 1. The van der Waals surface area contributed by atoms with E-state index in [1.165, 1.54) is 0 Å². The Morgan fingerprint density at radius 3 is 2.05 bits per heavy atom. The zero-order valence-corrected chi connectivity index (χ0v) is 22.0. The van der Waals surface area contributed by atoms with Crippen molar-refractivity contribution in [3.05, 3.63) is 131 Å². The Morgan fingerprint density at radius 2 is 1.45 bits per heavy atom. The number of carbonyl (C=O) groups is 1. The van der Waals surface area contributed by atoms with Crippen molar-refractivity contribution < 1.29 is 17.9 Å². The molecule has 0 aliphatic carbocycles. The molecule has 5 rings (SSSR count). The predicted octanol–water partition coefficient (Wildman–Crippen LogP) is 5.64. The highest BCUT2D eigenvalue weighted by Crippen LogP contribution is 2.46. The van der Waals surface area contributed by atoms with Gasteiger partial charge < -0.3 is 9.64 Å². The van der Waals surface area contributed by atoms with Gasteiger partial charge in [-0.2, -0.15) is 8.42 Å². The molecular formula is C31H28N2O4S. The topological polar surface area (TPSA) is 75.8 Å². The first-order valence-corrected chi connectivity index (χ1v) is 13.8. The van der Waals surface area contributed by atoms with E-state index in [9.17, 15) is 13.2 Å². The number of benzene rings is 4. The maximum Gasteiger partial charge on any atom is 0.283 e. The van der Waals surface area contributed by atoms with Gasteiger partial charge in [0.1, 0.15) is 17.6 Å². The maximum absolute atomic E-state index is 13.7. The van der Waals surface area contributed by atoms with Crippen LogP contribution in [0.1, 0.15) is 33.1 Å². The van der Waals surface area contributed by atoms with Gasteiger partial charge in [-0.15, -0.1) is 4.40 Å². The van der Waals surface area contributed by atoms with Crippen LogP contribution in [0.4, 0.5) is 0 Å². The lowest BCUT2D eigenvalue weighted by molar-refractivity contribution is 0.0980. The Kier molecular flexibility index (Phi) is 7.11. The van der Waals surface area contributed by atoms with Gasteiger partial charge in [-0.3, -0.25) is 4.79 Å². The lowest BCUT2D eigenvalue weighted by atomic mass is 10.0. The van der Waals surface area contributed by atoms with E-state index in [2.05, 4.69) is 4.40 Å². The number of Topliss-reactive ketones (excluding diaryl/α,β-unsaturated/α-hetero) is 1. The van der Waals surface area contributed by atoms with Crippen molar-refractivity contribution in [1.29, 1.82) is 0 Å². The summed E-state index contributed by atoms with van der Waals surface area (Å²) in [5, 5.41) is 0. The van der Waals surface area contributed by atoms with Gasteiger partial charge in [0.25, 0.3) is 10.0 Å². The lowest BCUT2D eigenvalue weighted by Gasteiger charge is -2.12. The van der Waals surface area contributed by atoms with Crippen LogP contribution in [0.2, 0.25) is 0 Å². The van der Waals surface area contributed by atoms with Crippen molar-refractivity contribution in [2.24, 2.45) is 4.40 Å². The quantitative estimate of drug-likeness (QED) is 0.129. The second-order valence-corrected chi connectivity index (χ2v) is 10.9. The number of methoxy groups -OCH3 is 1. The number of ketones is 1. The van der Waals surface area contributed by atoms with Crippen LogP contribution in [0.25, 0.3) is 0 Å². The average Bonchev–Trinajstić information content (AvgIpc) is 3.69. The van der Waals surface area contributed by atoms with Gasteiger partial charge in [-0.25, -0.2) is 0 Å². The standard InChI is InChI=1S/C31H28N2O4S/c1-22-13-19-27(20-14-22)38(35,36)32-28(21-23-9-5-3-6-10-23)33-29(24-11-7-4-8-12-24)30(33)31(34)25-15-17-26(37-2)18-16-25/h3-20,29-30H,21H2,1-2H3/b32-28-/t29-,30+,33?/m1/s1. The van der Waals surface area contributed by atoms with E-state index in [1.807, 2.05) is 72.5 Å². The van der Waals surface area contributed by atoms with Crippen molar-refractivity contribution in [3.63, 3.8) is 0 Å². The van der Waals surface area contributed by atoms with Gasteiger partial charge >= 0.3 is 0 Å². The van der Waals surface area contributed by atoms with E-state index >= 15 is 0 Å². The van der Waals surface area contributed by atoms with Gasteiger partial charge in [0.2, 0.25) is 0 Å². The maximum atomic E-state index is 13.7. The number of carbonyl (C=O) groups excluding carboxylic acids is 1. The highest BCUT2D eigenvalue weighted by molar-refractivity contribution is 7.90. The van der Waals surface area contributed by atoms with Crippen LogP contribution in [0, 0.1) is 6.92 Å². The lowest BCUT2D eigenvalue weighted by Crippen LogP contribution is -2.22. The summed E-state index contributed by atoms with van der Waals surface area (Å²) in [7, 11) is -2.44. The summed E-state index contributed by atoms with van der Waals surface area (Å²) >= 11 is 0. The molecule has 0 spiro atoms. The van der Waals surface area contributed by atoms with Crippen molar-refractivity contribution in [1.82, 2.24) is 4.90 Å². The van der Waals surface area contributed by atoms with Crippen LogP contribution >= 0.6 is 0 Å². The molecule has 4 aromatic carbocycles. The van der Waals surface area contributed by atoms with Crippen LogP contribution in [0.3, 0.4) is 0 Å². The molecule has 192 valence electrons. The van der Waals surface area contributed by atoms with E-state index in [0.717, 1.165) is 16.7 Å². The minimum absolute atomic E-state index is 0.102. The van der Waals surface area contributed by atoms with Crippen molar-refractivity contribution in [3.8, 4) is 5.75 Å². The number of rotatable bonds is 8. The Bertz CT molecular complexity index is 1550. The van der Waals surface area contributed by atoms with Gasteiger partial charge in [0.15, 0.2) is 5.78 Å². The molecule has 4 aromatic rings. The fourth-order valence-electron chi connectivity index (χ4n) is 4.59. The summed E-state index contributed by atoms with van der Waals surface area (Å²) < 4.78 is 36.4. The molecule has 38 heavy (non-hydrogen) atoms. The summed E-state index contributed by atoms with van der Waals surface area (Å²) in [6.45, 7) is 1.90. The third-order valence-corrected chi connectivity index (χ3v) is 7.96. The summed E-state index contributed by atoms with van der Waals surface area (Å²) in [5.41, 5.74) is 3.31. The minimum Gasteiger partial charge on any atom is -0.497 e. The number of hydrogen-bond acceptors (Lipinski definition) is 4. The first-order chi connectivity index (χ1) is 18.4. The van der Waals surface area contributed by atoms with E-state index in [-0.39, 0.29) is 23.1 Å². The fourth-order valence-corrected chi connectivity index (χ4v) is 5.61. The molecule has 0 amide bonds. The van der Waals surface area contributed by atoms with E-state index in [0.29, 0.717) is 17.1 Å². The number of amidine groups is 1. The number of hydrogen-bond donors (Lipinski definition) is 0. The third kappa shape index (κ3) is 5.38. The Labute approximate surface area is 223 Å². The molecule has 0 saturated carbocycles. The number of ether oxygens (including phenoxy) is 1. The third-order valence-electron chi connectivity index (χ3n) is 6.64. The van der Waals surface area contributed by atoms with Gasteiger partial charge in [-0.1, -0.05) is 78.4 Å². The summed E-state index contributed by atoms with van der Waals surface area (Å²) in [4.78, 5) is 15.7. The van der Waals surface area contributed by atoms with Crippen LogP contribution in [-0.2, 0) is 16.4 Å². The van der Waals surface area contributed by atoms with Gasteiger partial charge in [0.05, 0.1) is 18.0 Å². The Hall–Kier alpha value is -4.23. The first-order valence-electron chi connectivity index (χ1n) is 12.3. The Morgan fingerprint density at radius 1 is 0.842 bits per heavy atom. The fraction of sp³-hybridized carbons (Fsp3) is 0.161. The van der Waals surface area contributed by atoms with Crippen molar-refractivity contribution in [2.45, 2.75) is 30.3 Å². The monoisotopic (exact) mass is 524 g/mol. The van der Waals surface area contributed by atoms with E-state index < -0.39 is 16.1 Å². The predicted molar refractivity (Wildman–Crippen MR) is 148 cm³/mol. The summed E-state index contributed by atoms with van der Waals surface area (Å²) in [5.74, 6) is 0.886. The molecule has 7 heteroatoms. The van der Waals surface area contributed by atoms with E-state index in [1.54, 1.807) is 55.6 Å². The number of nitrogens with zero attached hydrogens (tertiary/aromatic N) is 2. The highest BCUT2D eigenvalue weighted by Gasteiger charge is 2.55. The summed E-state index contributed by atoms with van der Waals surface area (Å²) in [6, 6.07) is 31.9. The molecule has 2 atom stereocenters. The second-order valence-electron chi connectivity index (χ2n) is 9.26. The molecule has 1 fully saturated rings. The molecule has 1 heterocycles. The van der Waals surface area contributed by atoms with Crippen molar-refractivity contribution in [2.75, 3.05) is 7.11 Å². The van der Waals surface area contributed by atoms with Gasteiger partial charge in [0, 0.05) is 12.0 Å². The van der Waals surface area contributed by atoms with Crippen LogP contribution < -0.4 is 4.74 Å². The molecule has 6 nitrogen and oxygen atoms in total. The van der Waals surface area contributed by atoms with Gasteiger partial charge in [-0.05, 0) is 54.4 Å². The first kappa shape index (κ1) is 25.4. The molecule has 0 radical (unpaired) electrons. The largest absolute Gasteiger partial charge is 0.497 e. The minimum atomic E-state index is -4.01. The second kappa shape index (κ2) is 10.6. The SMILES string of the molecule is COc1ccc(C(=O)[C@@H]2[C@@H](c3ccccc3)N2/C(Cc2ccccc2)=N\S(=O)(=O)c2ccc(C)cc2)cc1. The van der Waals surface area contributed by atoms with Crippen LogP contribution in [-0.4, -0.2) is 38.1 Å². The van der Waals surface area contributed by atoms with Crippen LogP contribution in [0.15, 0.2) is 118 Å². The smallest absolute Gasteiger partial charge is 0.283 e. The molecule has 1 aliphatic rings. The molecular weight excluding hydrogens is 496 g/mol. The Balaban J connectivity index is 1.58. The zero-order valence-electron chi connectivity index (χ0n) is 21.2. The zero-order chi connectivity index (χ0) is 26.7. The molecule has 1 aliphatic heterocycles. The van der Waals surface area contributed by atoms with Crippen LogP contribution in [0.5, 0.6) is 5.75 Å². The molecule has 1 saturated heterocycles. The van der Waals surface area contributed by atoms with E-state index in [4.69, 9.17) is 4.74 Å². The molecule has 0 unspecified atom stereocenters. The molecule has 0 bridgehead atoms. The van der Waals surface area contributed by atoms with Crippen molar-refractivity contribution >= 4 is 21.6 Å². The molecule has 0 aromatic heterocycles. The number of aryl methyl sites for hydroxylation is 1. The average molecular weight is 525 g/mol. The normalized spacial score (nSPS) is 17.2. The molecule has 0 N–H and O–H groups in total.